The molecule has 108 valence electrons. The number of carbonyl (C=O) groups excluding carboxylic acids is 1. The van der Waals surface area contributed by atoms with E-state index in [-0.39, 0.29) is 24.1 Å². The molecule has 1 aromatic carbocycles. The lowest BCUT2D eigenvalue weighted by atomic mass is 9.98. The number of nitrogens with zero attached hydrogens (tertiary/aromatic N) is 1. The molecule has 2 rings (SSSR count). The van der Waals surface area contributed by atoms with Crippen LogP contribution in [0.1, 0.15) is 32.1 Å². The van der Waals surface area contributed by atoms with Crippen LogP contribution < -0.4 is 4.74 Å². The van der Waals surface area contributed by atoms with Gasteiger partial charge in [0.25, 0.3) is 0 Å². The van der Waals surface area contributed by atoms with E-state index in [1.54, 1.807) is 12.1 Å². The fourth-order valence-corrected chi connectivity index (χ4v) is 2.27. The number of ether oxygens (including phenoxy) is 2. The first kappa shape index (κ1) is 14.3. The third-order valence-corrected chi connectivity index (χ3v) is 3.26. The van der Waals surface area contributed by atoms with Crippen molar-refractivity contribution < 1.29 is 19.2 Å². The molecule has 0 atom stereocenters. The molecule has 1 fully saturated rings. The SMILES string of the molecule is O=C(COc1ccccc1[N+](=O)[O-])OC1CCCCC1. The lowest BCUT2D eigenvalue weighted by Gasteiger charge is -2.21. The Morgan fingerprint density at radius 2 is 1.95 bits per heavy atom. The van der Waals surface area contributed by atoms with E-state index in [0.29, 0.717) is 0 Å². The average Bonchev–Trinajstić information content (AvgIpc) is 2.46. The highest BCUT2D eigenvalue weighted by molar-refractivity contribution is 5.71. The minimum absolute atomic E-state index is 0.0365. The van der Waals surface area contributed by atoms with Gasteiger partial charge in [-0.2, -0.15) is 0 Å². The van der Waals surface area contributed by atoms with E-state index in [0.717, 1.165) is 25.7 Å². The van der Waals surface area contributed by atoms with Gasteiger partial charge in [0.15, 0.2) is 12.4 Å². The Labute approximate surface area is 116 Å². The number of hydrogen-bond donors (Lipinski definition) is 0. The summed E-state index contributed by atoms with van der Waals surface area (Å²) in [6.45, 7) is -0.304. The number of para-hydroxylation sites is 2. The molecule has 0 aromatic heterocycles. The number of nitro benzene ring substituents is 1. The number of esters is 1. The van der Waals surface area contributed by atoms with Crippen LogP contribution in [0.2, 0.25) is 0 Å². The fraction of sp³-hybridized carbons (Fsp3) is 0.500. The Bertz CT molecular complexity index is 482. The third-order valence-electron chi connectivity index (χ3n) is 3.26. The zero-order chi connectivity index (χ0) is 14.4. The summed E-state index contributed by atoms with van der Waals surface area (Å²) in [6.07, 6.45) is 5.06. The Kier molecular flexibility index (Phi) is 4.92. The molecule has 1 saturated carbocycles. The van der Waals surface area contributed by atoms with E-state index in [2.05, 4.69) is 0 Å². The van der Waals surface area contributed by atoms with Crippen LogP contribution in [-0.4, -0.2) is 23.6 Å². The van der Waals surface area contributed by atoms with E-state index < -0.39 is 10.9 Å². The second-order valence-electron chi connectivity index (χ2n) is 4.76. The highest BCUT2D eigenvalue weighted by atomic mass is 16.6. The Hall–Kier alpha value is -2.11. The van der Waals surface area contributed by atoms with Gasteiger partial charge in [-0.25, -0.2) is 4.79 Å². The summed E-state index contributed by atoms with van der Waals surface area (Å²) in [7, 11) is 0. The van der Waals surface area contributed by atoms with E-state index >= 15 is 0 Å². The number of carbonyl (C=O) groups is 1. The second kappa shape index (κ2) is 6.88. The monoisotopic (exact) mass is 279 g/mol. The molecule has 1 aliphatic carbocycles. The summed E-state index contributed by atoms with van der Waals surface area (Å²) in [5.74, 6) is -0.395. The zero-order valence-corrected chi connectivity index (χ0v) is 11.1. The van der Waals surface area contributed by atoms with Crippen molar-refractivity contribution in [3.63, 3.8) is 0 Å². The van der Waals surface area contributed by atoms with Crippen LogP contribution in [0, 0.1) is 10.1 Å². The van der Waals surface area contributed by atoms with Crippen LogP contribution in [0.3, 0.4) is 0 Å². The Balaban J connectivity index is 1.85. The van der Waals surface area contributed by atoms with Crippen LogP contribution in [0.25, 0.3) is 0 Å². The highest BCUT2D eigenvalue weighted by Crippen LogP contribution is 2.26. The molecule has 0 amide bonds. The molecule has 20 heavy (non-hydrogen) atoms. The number of rotatable bonds is 5. The maximum atomic E-state index is 11.6. The van der Waals surface area contributed by atoms with Crippen molar-refractivity contribution >= 4 is 11.7 Å². The summed E-state index contributed by atoms with van der Waals surface area (Å²) < 4.78 is 10.5. The zero-order valence-electron chi connectivity index (χ0n) is 11.1. The lowest BCUT2D eigenvalue weighted by molar-refractivity contribution is -0.385. The van der Waals surface area contributed by atoms with Crippen molar-refractivity contribution in [2.75, 3.05) is 6.61 Å². The first-order chi connectivity index (χ1) is 9.66. The van der Waals surface area contributed by atoms with E-state index in [4.69, 9.17) is 9.47 Å². The molecule has 0 bridgehead atoms. The smallest absolute Gasteiger partial charge is 0.344 e. The number of hydrogen-bond acceptors (Lipinski definition) is 5. The van der Waals surface area contributed by atoms with Gasteiger partial charge in [-0.1, -0.05) is 18.6 Å². The quantitative estimate of drug-likeness (QED) is 0.470. The second-order valence-corrected chi connectivity index (χ2v) is 4.76. The van der Waals surface area contributed by atoms with Crippen LogP contribution in [0.4, 0.5) is 5.69 Å². The van der Waals surface area contributed by atoms with Crippen molar-refractivity contribution in [2.45, 2.75) is 38.2 Å². The normalized spacial score (nSPS) is 15.6. The van der Waals surface area contributed by atoms with Gasteiger partial charge in [0.05, 0.1) is 4.92 Å². The van der Waals surface area contributed by atoms with Crippen molar-refractivity contribution in [1.29, 1.82) is 0 Å². The maximum absolute atomic E-state index is 11.6. The molecular formula is C14H17NO5. The van der Waals surface area contributed by atoms with Gasteiger partial charge in [-0.3, -0.25) is 10.1 Å². The fourth-order valence-electron chi connectivity index (χ4n) is 2.27. The minimum atomic E-state index is -0.540. The summed E-state index contributed by atoms with van der Waals surface area (Å²) in [5, 5.41) is 10.8. The van der Waals surface area contributed by atoms with E-state index in [1.165, 1.54) is 18.6 Å². The molecule has 1 aliphatic rings. The molecular weight excluding hydrogens is 262 g/mol. The van der Waals surface area contributed by atoms with E-state index in [9.17, 15) is 14.9 Å². The predicted octanol–water partition coefficient (Wildman–Crippen LogP) is 2.85. The average molecular weight is 279 g/mol. The molecule has 6 nitrogen and oxygen atoms in total. The van der Waals surface area contributed by atoms with Crippen LogP contribution >= 0.6 is 0 Å². The van der Waals surface area contributed by atoms with Gasteiger partial charge in [0.1, 0.15) is 6.10 Å². The first-order valence-corrected chi connectivity index (χ1v) is 6.72. The molecule has 0 spiro atoms. The molecule has 0 N–H and O–H groups in total. The molecule has 0 aliphatic heterocycles. The first-order valence-electron chi connectivity index (χ1n) is 6.72. The highest BCUT2D eigenvalue weighted by Gasteiger charge is 2.19. The predicted molar refractivity (Wildman–Crippen MR) is 71.6 cm³/mol. The van der Waals surface area contributed by atoms with Crippen molar-refractivity contribution in [1.82, 2.24) is 0 Å². The maximum Gasteiger partial charge on any atom is 0.344 e. The summed E-state index contributed by atoms with van der Waals surface area (Å²) in [4.78, 5) is 21.9. The Morgan fingerprint density at radius 1 is 1.25 bits per heavy atom. The van der Waals surface area contributed by atoms with E-state index in [1.807, 2.05) is 0 Å². The van der Waals surface area contributed by atoms with Gasteiger partial charge >= 0.3 is 11.7 Å². The van der Waals surface area contributed by atoms with Crippen molar-refractivity contribution in [3.8, 4) is 5.75 Å². The summed E-state index contributed by atoms with van der Waals surface area (Å²) in [6, 6.07) is 5.97. The summed E-state index contributed by atoms with van der Waals surface area (Å²) in [5.41, 5.74) is -0.155. The molecule has 1 aromatic rings. The molecule has 0 heterocycles. The topological polar surface area (TPSA) is 78.7 Å². The van der Waals surface area contributed by atoms with Gasteiger partial charge in [0.2, 0.25) is 0 Å². The largest absolute Gasteiger partial charge is 0.475 e. The van der Waals surface area contributed by atoms with Crippen molar-refractivity contribution in [3.05, 3.63) is 34.4 Å². The van der Waals surface area contributed by atoms with Crippen molar-refractivity contribution in [2.24, 2.45) is 0 Å². The number of benzene rings is 1. The van der Waals surface area contributed by atoms with Crippen LogP contribution in [-0.2, 0) is 9.53 Å². The standard InChI is InChI=1S/C14H17NO5/c16-14(20-11-6-2-1-3-7-11)10-19-13-9-5-4-8-12(13)15(17)18/h4-5,8-9,11H,1-3,6-7,10H2. The van der Waals surface area contributed by atoms with Crippen LogP contribution in [0.5, 0.6) is 5.75 Å². The van der Waals surface area contributed by atoms with Gasteiger partial charge in [0, 0.05) is 6.07 Å². The molecule has 6 heteroatoms. The van der Waals surface area contributed by atoms with Gasteiger partial charge < -0.3 is 9.47 Å². The number of nitro groups is 1. The summed E-state index contributed by atoms with van der Waals surface area (Å²) >= 11 is 0. The van der Waals surface area contributed by atoms with Gasteiger partial charge in [-0.05, 0) is 31.7 Å². The minimum Gasteiger partial charge on any atom is -0.475 e. The third kappa shape index (κ3) is 3.94. The molecule has 0 radical (unpaired) electrons. The molecule has 0 saturated heterocycles. The Morgan fingerprint density at radius 3 is 2.65 bits per heavy atom. The lowest BCUT2D eigenvalue weighted by Crippen LogP contribution is -2.24. The van der Waals surface area contributed by atoms with Crippen LogP contribution in [0.15, 0.2) is 24.3 Å². The molecule has 0 unspecified atom stereocenters. The van der Waals surface area contributed by atoms with Gasteiger partial charge in [-0.15, -0.1) is 0 Å².